The molecule has 68 valence electrons. The Balaban J connectivity index is 2.97. The molecule has 4 nitrogen and oxygen atoms in total. The minimum absolute atomic E-state index is 0.643. The molecule has 0 radical (unpaired) electrons. The number of aryl methyl sites for hydroxylation is 2. The van der Waals surface area contributed by atoms with Crippen LogP contribution < -0.4 is 0 Å². The second kappa shape index (κ2) is 3.15. The summed E-state index contributed by atoms with van der Waals surface area (Å²) in [4.78, 5) is 6.15. The first kappa shape index (κ1) is 9.06. The lowest BCUT2D eigenvalue weighted by Crippen LogP contribution is -2.14. The molecule has 0 fully saturated rings. The highest BCUT2D eigenvalue weighted by molar-refractivity contribution is 5.13. The summed E-state index contributed by atoms with van der Waals surface area (Å²) in [5.41, 5.74) is 1.75. The molecule has 0 unspecified atom stereocenters. The van der Waals surface area contributed by atoms with Gasteiger partial charge in [-0.25, -0.2) is 4.98 Å². The molecule has 12 heavy (non-hydrogen) atoms. The third-order valence-corrected chi connectivity index (χ3v) is 1.78. The Morgan fingerprint density at radius 2 is 2.00 bits per heavy atom. The van der Waals surface area contributed by atoms with Crippen molar-refractivity contribution >= 4 is 0 Å². The van der Waals surface area contributed by atoms with Gasteiger partial charge >= 0.3 is 0 Å². The van der Waals surface area contributed by atoms with Crippen molar-refractivity contribution in [3.05, 3.63) is 17.2 Å². The molecule has 1 rings (SSSR count). The van der Waals surface area contributed by atoms with Crippen molar-refractivity contribution < 1.29 is 5.21 Å². The molecular formula is C8H15N3O. The fraction of sp³-hybridized carbons (Fsp3) is 0.625. The number of imidazole rings is 1. The maximum atomic E-state index is 9.49. The highest BCUT2D eigenvalue weighted by atomic mass is 16.5. The van der Waals surface area contributed by atoms with Gasteiger partial charge in [-0.05, 0) is 27.9 Å². The van der Waals surface area contributed by atoms with E-state index in [9.17, 15) is 5.21 Å². The zero-order valence-electron chi connectivity index (χ0n) is 8.00. The average Bonchev–Trinajstić information content (AvgIpc) is 2.16. The van der Waals surface area contributed by atoms with Gasteiger partial charge in [-0.2, -0.15) is 4.73 Å². The molecule has 0 atom stereocenters. The van der Waals surface area contributed by atoms with Crippen molar-refractivity contribution in [3.63, 3.8) is 0 Å². The lowest BCUT2D eigenvalue weighted by atomic mass is 10.3. The Morgan fingerprint density at radius 1 is 1.42 bits per heavy atom. The zero-order valence-corrected chi connectivity index (χ0v) is 8.00. The van der Waals surface area contributed by atoms with Crippen LogP contribution in [0.2, 0.25) is 0 Å². The van der Waals surface area contributed by atoms with Crippen molar-refractivity contribution in [2.45, 2.75) is 20.4 Å². The van der Waals surface area contributed by atoms with E-state index in [1.807, 2.05) is 25.9 Å². The summed E-state index contributed by atoms with van der Waals surface area (Å²) >= 11 is 0. The first-order valence-corrected chi connectivity index (χ1v) is 3.91. The Kier molecular flexibility index (Phi) is 2.38. The standard InChI is InChI=1S/C8H15N3O/c1-6-8(5-10(3)4)11(12)7(2)9-6/h12H,5H2,1-4H3. The van der Waals surface area contributed by atoms with Gasteiger partial charge in [-0.3, -0.25) is 0 Å². The quantitative estimate of drug-likeness (QED) is 0.666. The minimum Gasteiger partial charge on any atom is -0.427 e. The third-order valence-electron chi connectivity index (χ3n) is 1.78. The van der Waals surface area contributed by atoms with Crippen LogP contribution in [0.25, 0.3) is 0 Å². The lowest BCUT2D eigenvalue weighted by molar-refractivity contribution is 0.161. The van der Waals surface area contributed by atoms with Crippen LogP contribution in [0.4, 0.5) is 0 Å². The van der Waals surface area contributed by atoms with Crippen LogP contribution in [0.5, 0.6) is 0 Å². The van der Waals surface area contributed by atoms with E-state index in [1.54, 1.807) is 6.92 Å². The molecule has 0 amide bonds. The molecule has 0 aliphatic rings. The minimum atomic E-state index is 0.643. The summed E-state index contributed by atoms with van der Waals surface area (Å²) in [6, 6.07) is 0. The highest BCUT2D eigenvalue weighted by Crippen LogP contribution is 2.09. The Morgan fingerprint density at radius 3 is 2.33 bits per heavy atom. The van der Waals surface area contributed by atoms with E-state index in [4.69, 9.17) is 0 Å². The van der Waals surface area contributed by atoms with Gasteiger partial charge in [0.05, 0.1) is 11.4 Å². The summed E-state index contributed by atoms with van der Waals surface area (Å²) in [7, 11) is 3.92. The van der Waals surface area contributed by atoms with Gasteiger partial charge in [0, 0.05) is 6.54 Å². The number of nitrogens with zero attached hydrogens (tertiary/aromatic N) is 3. The van der Waals surface area contributed by atoms with Crippen molar-refractivity contribution in [1.82, 2.24) is 14.6 Å². The van der Waals surface area contributed by atoms with E-state index >= 15 is 0 Å². The summed E-state index contributed by atoms with van der Waals surface area (Å²) in [5.74, 6) is 0.643. The number of hydrogen-bond donors (Lipinski definition) is 1. The normalized spacial score (nSPS) is 11.1. The summed E-state index contributed by atoms with van der Waals surface area (Å²) in [5, 5.41) is 9.49. The average molecular weight is 169 g/mol. The van der Waals surface area contributed by atoms with Gasteiger partial charge in [0.2, 0.25) is 0 Å². The van der Waals surface area contributed by atoms with E-state index in [-0.39, 0.29) is 0 Å². The molecular weight excluding hydrogens is 154 g/mol. The van der Waals surface area contributed by atoms with E-state index in [2.05, 4.69) is 4.98 Å². The summed E-state index contributed by atoms with van der Waals surface area (Å²) in [6.07, 6.45) is 0. The molecule has 0 aliphatic heterocycles. The van der Waals surface area contributed by atoms with Gasteiger partial charge in [-0.15, -0.1) is 0 Å². The van der Waals surface area contributed by atoms with Crippen molar-refractivity contribution in [2.75, 3.05) is 14.1 Å². The second-order valence-electron chi connectivity index (χ2n) is 3.24. The predicted octanol–water partition coefficient (Wildman–Crippen LogP) is 0.799. The van der Waals surface area contributed by atoms with Crippen LogP contribution in [-0.4, -0.2) is 33.9 Å². The highest BCUT2D eigenvalue weighted by Gasteiger charge is 2.10. The van der Waals surface area contributed by atoms with Crippen LogP contribution in [0.1, 0.15) is 17.2 Å². The van der Waals surface area contributed by atoms with Crippen molar-refractivity contribution in [1.29, 1.82) is 0 Å². The first-order valence-electron chi connectivity index (χ1n) is 3.91. The maximum absolute atomic E-state index is 9.49. The number of hydrogen-bond acceptors (Lipinski definition) is 3. The molecule has 0 saturated carbocycles. The molecule has 0 bridgehead atoms. The smallest absolute Gasteiger partial charge is 0.142 e. The number of rotatable bonds is 2. The van der Waals surface area contributed by atoms with Crippen molar-refractivity contribution in [3.8, 4) is 0 Å². The van der Waals surface area contributed by atoms with Gasteiger partial charge in [0.1, 0.15) is 5.82 Å². The molecule has 1 heterocycles. The summed E-state index contributed by atoms with van der Waals surface area (Å²) < 4.78 is 1.15. The third kappa shape index (κ3) is 1.58. The van der Waals surface area contributed by atoms with E-state index in [1.165, 1.54) is 0 Å². The Bertz CT molecular complexity index is 278. The molecule has 1 aromatic rings. The Hall–Kier alpha value is -1.03. The van der Waals surface area contributed by atoms with E-state index in [0.29, 0.717) is 12.4 Å². The molecule has 1 aromatic heterocycles. The molecule has 1 N–H and O–H groups in total. The van der Waals surface area contributed by atoms with Gasteiger partial charge < -0.3 is 10.1 Å². The lowest BCUT2D eigenvalue weighted by Gasteiger charge is -2.09. The predicted molar refractivity (Wildman–Crippen MR) is 46.3 cm³/mol. The van der Waals surface area contributed by atoms with E-state index in [0.717, 1.165) is 16.1 Å². The first-order chi connectivity index (χ1) is 5.52. The fourth-order valence-corrected chi connectivity index (χ4v) is 1.18. The topological polar surface area (TPSA) is 41.3 Å². The zero-order chi connectivity index (χ0) is 9.30. The molecule has 0 spiro atoms. The molecule has 4 heteroatoms. The second-order valence-corrected chi connectivity index (χ2v) is 3.24. The van der Waals surface area contributed by atoms with Crippen LogP contribution in [0.15, 0.2) is 0 Å². The van der Waals surface area contributed by atoms with Gasteiger partial charge in [0.15, 0.2) is 0 Å². The fourth-order valence-electron chi connectivity index (χ4n) is 1.18. The maximum Gasteiger partial charge on any atom is 0.142 e. The Labute approximate surface area is 72.4 Å². The molecule has 0 saturated heterocycles. The van der Waals surface area contributed by atoms with E-state index < -0.39 is 0 Å². The SMILES string of the molecule is Cc1nc(C)n(O)c1CN(C)C. The molecule has 0 aromatic carbocycles. The largest absolute Gasteiger partial charge is 0.427 e. The summed E-state index contributed by atoms with van der Waals surface area (Å²) in [6.45, 7) is 4.40. The van der Waals surface area contributed by atoms with Crippen LogP contribution in [0, 0.1) is 13.8 Å². The van der Waals surface area contributed by atoms with Crippen LogP contribution in [0.3, 0.4) is 0 Å². The van der Waals surface area contributed by atoms with Gasteiger partial charge in [0.25, 0.3) is 0 Å². The van der Waals surface area contributed by atoms with Gasteiger partial charge in [-0.1, -0.05) is 0 Å². The van der Waals surface area contributed by atoms with Crippen LogP contribution in [-0.2, 0) is 6.54 Å². The van der Waals surface area contributed by atoms with Crippen molar-refractivity contribution in [2.24, 2.45) is 0 Å². The monoisotopic (exact) mass is 169 g/mol. The number of aromatic nitrogens is 2. The molecule has 0 aliphatic carbocycles. The van der Waals surface area contributed by atoms with Crippen LogP contribution >= 0.6 is 0 Å².